The molecule has 5 heteroatoms. The molecule has 1 aromatic carbocycles. The van der Waals surface area contributed by atoms with Crippen LogP contribution in [0.2, 0.25) is 0 Å². The van der Waals surface area contributed by atoms with Crippen molar-refractivity contribution in [1.82, 2.24) is 10.2 Å². The maximum absolute atomic E-state index is 12.2. The predicted octanol–water partition coefficient (Wildman–Crippen LogP) is 3.27. The van der Waals surface area contributed by atoms with Crippen LogP contribution in [0.15, 0.2) is 29.6 Å². The van der Waals surface area contributed by atoms with Gasteiger partial charge in [0.1, 0.15) is 5.54 Å². The minimum Gasteiger partial charge on any atom is -0.305 e. The van der Waals surface area contributed by atoms with Crippen molar-refractivity contribution in [2.45, 2.75) is 37.8 Å². The Bertz CT molecular complexity index is 731. The van der Waals surface area contributed by atoms with Crippen LogP contribution in [0.1, 0.15) is 31.2 Å². The van der Waals surface area contributed by atoms with Crippen molar-refractivity contribution in [3.8, 4) is 0 Å². The highest BCUT2D eigenvalue weighted by Gasteiger charge is 2.53. The van der Waals surface area contributed by atoms with E-state index in [1.807, 2.05) is 12.1 Å². The largest absolute Gasteiger partial charge is 0.325 e. The average molecular weight is 300 g/mol. The summed E-state index contributed by atoms with van der Waals surface area (Å²) in [6.45, 7) is 0.515. The van der Waals surface area contributed by atoms with Crippen molar-refractivity contribution in [3.05, 3.63) is 35.2 Å². The van der Waals surface area contributed by atoms with Crippen LogP contribution in [0.25, 0.3) is 10.1 Å². The van der Waals surface area contributed by atoms with Crippen molar-refractivity contribution >= 4 is 33.4 Å². The van der Waals surface area contributed by atoms with E-state index in [0.717, 1.165) is 31.2 Å². The van der Waals surface area contributed by atoms with Gasteiger partial charge in [0.15, 0.2) is 0 Å². The molecule has 4 rings (SSSR count). The van der Waals surface area contributed by atoms with Crippen LogP contribution in [-0.4, -0.2) is 22.4 Å². The summed E-state index contributed by atoms with van der Waals surface area (Å²) in [5.41, 5.74) is 0.534. The first-order valence-electron chi connectivity index (χ1n) is 7.29. The number of nitrogens with one attached hydrogen (secondary N) is 1. The first-order chi connectivity index (χ1) is 10.2. The third-order valence-electron chi connectivity index (χ3n) is 4.73. The summed E-state index contributed by atoms with van der Waals surface area (Å²) in [5, 5.41) is 5.80. The number of nitrogens with zero attached hydrogens (tertiary/aromatic N) is 1. The molecular formula is C16H16N2O2S. The third kappa shape index (κ3) is 1.80. The van der Waals surface area contributed by atoms with Crippen molar-refractivity contribution in [3.63, 3.8) is 0 Å². The molecule has 1 saturated heterocycles. The van der Waals surface area contributed by atoms with Gasteiger partial charge in [0.2, 0.25) is 0 Å². The van der Waals surface area contributed by atoms with E-state index in [1.54, 1.807) is 16.2 Å². The molecule has 21 heavy (non-hydrogen) atoms. The first kappa shape index (κ1) is 12.8. The van der Waals surface area contributed by atoms with Crippen LogP contribution in [0.5, 0.6) is 0 Å². The maximum atomic E-state index is 12.2. The number of urea groups is 1. The molecule has 0 atom stereocenters. The Kier molecular flexibility index (Phi) is 2.79. The van der Waals surface area contributed by atoms with Gasteiger partial charge in [-0.05, 0) is 35.2 Å². The SMILES string of the molecule is O=C1NC(=O)C2(CCCC2)N1Cc1csc2ccccc12. The number of carbonyl (C=O) groups is 2. The van der Waals surface area contributed by atoms with Crippen molar-refractivity contribution in [2.24, 2.45) is 0 Å². The van der Waals surface area contributed by atoms with E-state index in [-0.39, 0.29) is 11.9 Å². The summed E-state index contributed by atoms with van der Waals surface area (Å²) >= 11 is 1.69. The summed E-state index contributed by atoms with van der Waals surface area (Å²) in [4.78, 5) is 26.2. The Morgan fingerprint density at radius 2 is 1.95 bits per heavy atom. The molecule has 1 aromatic heterocycles. The number of benzene rings is 1. The minimum absolute atomic E-state index is 0.107. The molecule has 2 aromatic rings. The molecule has 108 valence electrons. The number of imide groups is 1. The summed E-state index contributed by atoms with van der Waals surface area (Å²) in [6, 6.07) is 7.96. The highest BCUT2D eigenvalue weighted by atomic mass is 32.1. The second kappa shape index (κ2) is 4.56. The lowest BCUT2D eigenvalue weighted by atomic mass is 9.95. The summed E-state index contributed by atoms with van der Waals surface area (Å²) in [6.07, 6.45) is 3.60. The highest BCUT2D eigenvalue weighted by Crippen LogP contribution is 2.40. The molecule has 1 N–H and O–H groups in total. The molecule has 1 aliphatic heterocycles. The lowest BCUT2D eigenvalue weighted by Crippen LogP contribution is -2.46. The van der Waals surface area contributed by atoms with Crippen LogP contribution in [-0.2, 0) is 11.3 Å². The monoisotopic (exact) mass is 300 g/mol. The molecule has 0 radical (unpaired) electrons. The zero-order chi connectivity index (χ0) is 14.4. The number of fused-ring (bicyclic) bond motifs is 1. The molecule has 2 fully saturated rings. The zero-order valence-electron chi connectivity index (χ0n) is 11.6. The second-order valence-corrected chi connectivity index (χ2v) is 6.75. The van der Waals surface area contributed by atoms with E-state index in [9.17, 15) is 9.59 Å². The zero-order valence-corrected chi connectivity index (χ0v) is 12.4. The van der Waals surface area contributed by atoms with Gasteiger partial charge in [0, 0.05) is 11.2 Å². The van der Waals surface area contributed by atoms with Crippen LogP contribution >= 0.6 is 11.3 Å². The lowest BCUT2D eigenvalue weighted by Gasteiger charge is -2.31. The number of amides is 3. The van der Waals surface area contributed by atoms with Gasteiger partial charge < -0.3 is 4.90 Å². The number of carbonyl (C=O) groups excluding carboxylic acids is 2. The normalized spacial score (nSPS) is 20.7. The quantitative estimate of drug-likeness (QED) is 0.865. The van der Waals surface area contributed by atoms with Crippen LogP contribution in [0.3, 0.4) is 0 Å². The molecule has 1 spiro atoms. The van der Waals surface area contributed by atoms with E-state index in [0.29, 0.717) is 6.54 Å². The Balaban J connectivity index is 1.72. The lowest BCUT2D eigenvalue weighted by molar-refractivity contribution is -0.126. The fourth-order valence-electron chi connectivity index (χ4n) is 3.60. The van der Waals surface area contributed by atoms with Crippen LogP contribution in [0.4, 0.5) is 4.79 Å². The van der Waals surface area contributed by atoms with E-state index in [4.69, 9.17) is 0 Å². The Morgan fingerprint density at radius 3 is 2.76 bits per heavy atom. The van der Waals surface area contributed by atoms with E-state index in [2.05, 4.69) is 22.8 Å². The van der Waals surface area contributed by atoms with Crippen molar-refractivity contribution in [1.29, 1.82) is 0 Å². The van der Waals surface area contributed by atoms with Gasteiger partial charge in [-0.1, -0.05) is 31.0 Å². The van der Waals surface area contributed by atoms with Gasteiger partial charge in [0.25, 0.3) is 5.91 Å². The molecule has 4 nitrogen and oxygen atoms in total. The van der Waals surface area contributed by atoms with Crippen molar-refractivity contribution in [2.75, 3.05) is 0 Å². The molecular weight excluding hydrogens is 284 g/mol. The van der Waals surface area contributed by atoms with Crippen LogP contribution in [0, 0.1) is 0 Å². The highest BCUT2D eigenvalue weighted by molar-refractivity contribution is 7.17. The molecule has 1 aliphatic carbocycles. The van der Waals surface area contributed by atoms with Gasteiger partial charge in [-0.25, -0.2) is 4.79 Å². The summed E-state index contributed by atoms with van der Waals surface area (Å²) in [5.74, 6) is -0.107. The Hall–Kier alpha value is -1.88. The number of thiophene rings is 1. The van der Waals surface area contributed by atoms with E-state index >= 15 is 0 Å². The predicted molar refractivity (Wildman–Crippen MR) is 82.1 cm³/mol. The smallest absolute Gasteiger partial charge is 0.305 e. The Morgan fingerprint density at radius 1 is 1.19 bits per heavy atom. The minimum atomic E-state index is -0.597. The van der Waals surface area contributed by atoms with Gasteiger partial charge in [-0.15, -0.1) is 11.3 Å². The molecule has 2 heterocycles. The third-order valence-corrected chi connectivity index (χ3v) is 5.74. The summed E-state index contributed by atoms with van der Waals surface area (Å²) in [7, 11) is 0. The van der Waals surface area contributed by atoms with Gasteiger partial charge >= 0.3 is 6.03 Å². The standard InChI is InChI=1S/C16H16N2O2S/c19-14-16(7-3-4-8-16)18(15(20)17-14)9-11-10-21-13-6-2-1-5-12(11)13/h1-2,5-6,10H,3-4,7-9H2,(H,17,19,20). The fraction of sp³-hybridized carbons (Fsp3) is 0.375. The molecule has 2 aliphatic rings. The fourth-order valence-corrected chi connectivity index (χ4v) is 4.56. The number of hydrogen-bond acceptors (Lipinski definition) is 3. The van der Waals surface area contributed by atoms with Gasteiger partial charge in [0.05, 0.1) is 0 Å². The van der Waals surface area contributed by atoms with Crippen molar-refractivity contribution < 1.29 is 9.59 Å². The number of hydrogen-bond donors (Lipinski definition) is 1. The molecule has 3 amide bonds. The average Bonchev–Trinajstić information content (AvgIpc) is 3.17. The molecule has 0 unspecified atom stereocenters. The summed E-state index contributed by atoms with van der Waals surface area (Å²) < 4.78 is 1.22. The van der Waals surface area contributed by atoms with Crippen LogP contribution < -0.4 is 5.32 Å². The second-order valence-electron chi connectivity index (χ2n) is 5.84. The molecule has 1 saturated carbocycles. The van der Waals surface area contributed by atoms with E-state index < -0.39 is 5.54 Å². The van der Waals surface area contributed by atoms with Gasteiger partial charge in [-0.3, -0.25) is 10.1 Å². The maximum Gasteiger partial charge on any atom is 0.325 e. The molecule has 0 bridgehead atoms. The first-order valence-corrected chi connectivity index (χ1v) is 8.17. The Labute approximate surface area is 126 Å². The topological polar surface area (TPSA) is 49.4 Å². The van der Waals surface area contributed by atoms with E-state index in [1.165, 1.54) is 10.1 Å². The van der Waals surface area contributed by atoms with Gasteiger partial charge in [-0.2, -0.15) is 0 Å². The number of rotatable bonds is 2.